The van der Waals surface area contributed by atoms with Crippen molar-refractivity contribution in [1.29, 1.82) is 0 Å². The van der Waals surface area contributed by atoms with E-state index in [0.717, 1.165) is 8.95 Å². The van der Waals surface area contributed by atoms with Gasteiger partial charge in [0.05, 0.1) is 0 Å². The second-order valence-electron chi connectivity index (χ2n) is 6.51. The van der Waals surface area contributed by atoms with E-state index in [0.29, 0.717) is 11.1 Å². The van der Waals surface area contributed by atoms with Gasteiger partial charge in [-0.1, -0.05) is 31.9 Å². The van der Waals surface area contributed by atoms with Gasteiger partial charge in [0.15, 0.2) is 0 Å². The molecular weight excluding hydrogens is 520 g/mol. The van der Waals surface area contributed by atoms with E-state index in [9.17, 15) is 19.2 Å². The Labute approximate surface area is 189 Å². The van der Waals surface area contributed by atoms with Crippen LogP contribution >= 0.6 is 31.9 Å². The summed E-state index contributed by atoms with van der Waals surface area (Å²) in [5.41, 5.74) is 0.743. The number of amides is 6. The minimum absolute atomic E-state index is 0.249. The number of urea groups is 2. The van der Waals surface area contributed by atoms with E-state index in [1.165, 1.54) is 9.80 Å². The molecule has 0 spiro atoms. The molecule has 8 nitrogen and oxygen atoms in total. The van der Waals surface area contributed by atoms with Gasteiger partial charge in [-0.15, -0.1) is 0 Å². The van der Waals surface area contributed by atoms with Crippen LogP contribution in [0.1, 0.15) is 20.7 Å². The average molecular weight is 538 g/mol. The lowest BCUT2D eigenvalue weighted by Crippen LogP contribution is -2.56. The molecule has 156 valence electrons. The van der Waals surface area contributed by atoms with E-state index in [4.69, 9.17) is 0 Å². The van der Waals surface area contributed by atoms with Crippen LogP contribution in [-0.4, -0.2) is 59.9 Å². The van der Waals surface area contributed by atoms with E-state index >= 15 is 0 Å². The van der Waals surface area contributed by atoms with Crippen molar-refractivity contribution in [2.75, 3.05) is 26.2 Å². The van der Waals surface area contributed by atoms with Gasteiger partial charge in [-0.05, 0) is 48.5 Å². The number of hydrogen-bond donors (Lipinski definition) is 2. The van der Waals surface area contributed by atoms with Crippen LogP contribution in [0.2, 0.25) is 0 Å². The first-order chi connectivity index (χ1) is 14.3. The van der Waals surface area contributed by atoms with Crippen LogP contribution in [0.5, 0.6) is 0 Å². The van der Waals surface area contributed by atoms with Gasteiger partial charge < -0.3 is 9.80 Å². The lowest BCUT2D eigenvalue weighted by Gasteiger charge is -2.34. The fourth-order valence-electron chi connectivity index (χ4n) is 2.81. The average Bonchev–Trinajstić information content (AvgIpc) is 2.74. The summed E-state index contributed by atoms with van der Waals surface area (Å²) in [7, 11) is 0. The van der Waals surface area contributed by atoms with Crippen molar-refractivity contribution in [2.24, 2.45) is 0 Å². The predicted molar refractivity (Wildman–Crippen MR) is 117 cm³/mol. The summed E-state index contributed by atoms with van der Waals surface area (Å²) in [6.07, 6.45) is 0. The number of nitrogens with zero attached hydrogens (tertiary/aromatic N) is 2. The van der Waals surface area contributed by atoms with Crippen molar-refractivity contribution in [2.45, 2.75) is 0 Å². The maximum atomic E-state index is 12.3. The summed E-state index contributed by atoms with van der Waals surface area (Å²) in [5.74, 6) is -0.986. The third-order valence-corrected chi connectivity index (χ3v) is 5.57. The zero-order valence-corrected chi connectivity index (χ0v) is 18.9. The SMILES string of the molecule is O=C(NC(=O)N1CCN(C(=O)NC(=O)c2ccc(Br)cc2)CC1)c1ccc(Br)cc1. The molecule has 2 N–H and O–H groups in total. The molecule has 1 saturated heterocycles. The van der Waals surface area contributed by atoms with Crippen molar-refractivity contribution >= 4 is 55.7 Å². The molecule has 0 bridgehead atoms. The van der Waals surface area contributed by atoms with Gasteiger partial charge in [-0.2, -0.15) is 0 Å². The molecule has 2 aromatic rings. The molecule has 0 saturated carbocycles. The van der Waals surface area contributed by atoms with Crippen LogP contribution in [0.4, 0.5) is 9.59 Å². The first-order valence-electron chi connectivity index (χ1n) is 9.05. The van der Waals surface area contributed by atoms with E-state index in [1.54, 1.807) is 48.5 Å². The third kappa shape index (κ3) is 5.67. The minimum Gasteiger partial charge on any atom is -0.321 e. The highest BCUT2D eigenvalue weighted by Gasteiger charge is 2.26. The highest BCUT2D eigenvalue weighted by atomic mass is 79.9. The fourth-order valence-corrected chi connectivity index (χ4v) is 3.34. The molecule has 0 radical (unpaired) electrons. The molecule has 3 rings (SSSR count). The molecule has 1 fully saturated rings. The van der Waals surface area contributed by atoms with Crippen molar-refractivity contribution in [3.8, 4) is 0 Å². The summed E-state index contributed by atoms with van der Waals surface area (Å²) in [4.78, 5) is 51.9. The third-order valence-electron chi connectivity index (χ3n) is 4.51. The Morgan fingerprint density at radius 1 is 0.600 bits per heavy atom. The summed E-state index contributed by atoms with van der Waals surface area (Å²) >= 11 is 6.58. The Kier molecular flexibility index (Phi) is 7.22. The van der Waals surface area contributed by atoms with Crippen molar-refractivity contribution < 1.29 is 19.2 Å². The molecule has 1 aliphatic rings. The van der Waals surface area contributed by atoms with Crippen LogP contribution in [0.15, 0.2) is 57.5 Å². The van der Waals surface area contributed by atoms with E-state index < -0.39 is 23.9 Å². The fraction of sp³-hybridized carbons (Fsp3) is 0.200. The smallest absolute Gasteiger partial charge is 0.321 e. The topological polar surface area (TPSA) is 98.8 Å². The molecule has 0 unspecified atom stereocenters. The maximum absolute atomic E-state index is 12.3. The minimum atomic E-state index is -0.520. The quantitative estimate of drug-likeness (QED) is 0.614. The van der Waals surface area contributed by atoms with Gasteiger partial charge in [0.1, 0.15) is 0 Å². The Morgan fingerprint density at radius 3 is 1.20 bits per heavy atom. The van der Waals surface area contributed by atoms with Crippen molar-refractivity contribution in [1.82, 2.24) is 20.4 Å². The van der Waals surface area contributed by atoms with Crippen molar-refractivity contribution in [3.05, 3.63) is 68.6 Å². The molecule has 10 heteroatoms. The Hall–Kier alpha value is -2.72. The van der Waals surface area contributed by atoms with Gasteiger partial charge in [-0.3, -0.25) is 20.2 Å². The van der Waals surface area contributed by atoms with E-state index in [1.807, 2.05) is 0 Å². The number of hydrogen-bond acceptors (Lipinski definition) is 4. The number of imide groups is 2. The zero-order chi connectivity index (χ0) is 21.7. The van der Waals surface area contributed by atoms with E-state index in [-0.39, 0.29) is 26.2 Å². The van der Waals surface area contributed by atoms with Crippen LogP contribution in [-0.2, 0) is 0 Å². The number of rotatable bonds is 2. The molecule has 6 amide bonds. The molecule has 0 aromatic heterocycles. The number of nitrogens with one attached hydrogen (secondary N) is 2. The molecule has 1 aliphatic heterocycles. The zero-order valence-electron chi connectivity index (χ0n) is 15.7. The monoisotopic (exact) mass is 536 g/mol. The Bertz CT molecular complexity index is 876. The van der Waals surface area contributed by atoms with Gasteiger partial charge >= 0.3 is 12.1 Å². The van der Waals surface area contributed by atoms with Gasteiger partial charge in [0, 0.05) is 46.3 Å². The second kappa shape index (κ2) is 9.86. The summed E-state index contributed by atoms with van der Waals surface area (Å²) in [6, 6.07) is 12.3. The number of benzene rings is 2. The predicted octanol–water partition coefficient (Wildman–Crippen LogP) is 3.23. The molecule has 2 aromatic carbocycles. The maximum Gasteiger partial charge on any atom is 0.324 e. The van der Waals surface area contributed by atoms with Gasteiger partial charge in [0.25, 0.3) is 11.8 Å². The normalized spacial score (nSPS) is 13.5. The van der Waals surface area contributed by atoms with Crippen LogP contribution in [0.3, 0.4) is 0 Å². The first kappa shape index (κ1) is 22.0. The van der Waals surface area contributed by atoms with Crippen LogP contribution in [0, 0.1) is 0 Å². The summed E-state index contributed by atoms with van der Waals surface area (Å²) in [6.45, 7) is 0.997. The van der Waals surface area contributed by atoms with Gasteiger partial charge in [-0.25, -0.2) is 9.59 Å². The Morgan fingerprint density at radius 2 is 0.900 bits per heavy atom. The molecule has 30 heavy (non-hydrogen) atoms. The lowest BCUT2D eigenvalue weighted by molar-refractivity contribution is 0.0911. The van der Waals surface area contributed by atoms with Gasteiger partial charge in [0.2, 0.25) is 0 Å². The summed E-state index contributed by atoms with van der Waals surface area (Å²) in [5, 5.41) is 4.69. The highest BCUT2D eigenvalue weighted by molar-refractivity contribution is 9.10. The number of carbonyl (C=O) groups excluding carboxylic acids is 4. The standard InChI is InChI=1S/C20H18Br2N4O4/c21-15-5-1-13(2-6-15)17(27)23-19(29)25-9-11-26(12-10-25)20(30)24-18(28)14-3-7-16(22)8-4-14/h1-8H,9-12H2,(H,23,27,29)(H,24,28,30). The summed E-state index contributed by atoms with van der Waals surface area (Å²) < 4.78 is 1.66. The van der Waals surface area contributed by atoms with Crippen molar-refractivity contribution in [3.63, 3.8) is 0 Å². The van der Waals surface area contributed by atoms with Crippen LogP contribution < -0.4 is 10.6 Å². The second-order valence-corrected chi connectivity index (χ2v) is 8.34. The molecule has 1 heterocycles. The highest BCUT2D eigenvalue weighted by Crippen LogP contribution is 2.12. The lowest BCUT2D eigenvalue weighted by atomic mass is 10.2. The van der Waals surface area contributed by atoms with Crippen LogP contribution in [0.25, 0.3) is 0 Å². The largest absolute Gasteiger partial charge is 0.324 e. The number of carbonyl (C=O) groups is 4. The number of halogens is 2. The molecule has 0 aliphatic carbocycles. The molecule has 0 atom stereocenters. The number of piperazine rings is 1. The first-order valence-corrected chi connectivity index (χ1v) is 10.6. The Balaban J connectivity index is 1.47. The molecular formula is C20H18Br2N4O4. The van der Waals surface area contributed by atoms with E-state index in [2.05, 4.69) is 42.5 Å².